The van der Waals surface area contributed by atoms with Crippen LogP contribution in [0.5, 0.6) is 0 Å². The molecule has 15 heavy (non-hydrogen) atoms. The van der Waals surface area contributed by atoms with Gasteiger partial charge < -0.3 is 14.8 Å². The van der Waals surface area contributed by atoms with E-state index in [2.05, 4.69) is 23.7 Å². The topological polar surface area (TPSA) is 30.5 Å². The van der Waals surface area contributed by atoms with Crippen LogP contribution in [0.1, 0.15) is 16.5 Å². The number of likely N-dealkylation sites (N-methyl/N-ethyl adjacent to an activating group) is 1. The number of ether oxygens (including phenoxy) is 2. The van der Waals surface area contributed by atoms with Crippen LogP contribution in [0.4, 0.5) is 0 Å². The fourth-order valence-electron chi connectivity index (χ4n) is 1.43. The largest absolute Gasteiger partial charge is 0.382 e. The number of hydrogen-bond acceptors (Lipinski definition) is 4. The maximum Gasteiger partial charge on any atom is 0.0701 e. The van der Waals surface area contributed by atoms with Crippen molar-refractivity contribution in [2.24, 2.45) is 0 Å². The molecule has 1 rings (SSSR count). The van der Waals surface area contributed by atoms with Crippen molar-refractivity contribution in [2.75, 3.05) is 34.0 Å². The minimum Gasteiger partial charge on any atom is -0.382 e. The smallest absolute Gasteiger partial charge is 0.0701 e. The van der Waals surface area contributed by atoms with Gasteiger partial charge in [0.15, 0.2) is 0 Å². The van der Waals surface area contributed by atoms with Gasteiger partial charge in [-0.05, 0) is 31.0 Å². The number of rotatable bonds is 7. The van der Waals surface area contributed by atoms with Gasteiger partial charge in [0, 0.05) is 12.0 Å². The third-order valence-corrected chi connectivity index (χ3v) is 3.20. The summed E-state index contributed by atoms with van der Waals surface area (Å²) in [6, 6.07) is 2.44. The normalized spacial score (nSPS) is 13.0. The minimum absolute atomic E-state index is 0.285. The molecular formula is C11H19NO2S. The van der Waals surface area contributed by atoms with Crippen LogP contribution in [-0.4, -0.2) is 34.0 Å². The van der Waals surface area contributed by atoms with Gasteiger partial charge >= 0.3 is 0 Å². The Kier molecular flexibility index (Phi) is 5.86. The maximum atomic E-state index is 5.52. The first kappa shape index (κ1) is 12.6. The highest BCUT2D eigenvalue weighted by atomic mass is 32.1. The first-order chi connectivity index (χ1) is 7.29. The molecule has 1 aromatic rings. The van der Waals surface area contributed by atoms with Crippen LogP contribution in [0.3, 0.4) is 0 Å². The van der Waals surface area contributed by atoms with Gasteiger partial charge in [-0.25, -0.2) is 0 Å². The van der Waals surface area contributed by atoms with E-state index in [4.69, 9.17) is 9.47 Å². The number of thiophene rings is 1. The molecule has 0 aromatic carbocycles. The molecule has 0 saturated carbocycles. The van der Waals surface area contributed by atoms with E-state index >= 15 is 0 Å². The van der Waals surface area contributed by atoms with Gasteiger partial charge in [-0.2, -0.15) is 0 Å². The summed E-state index contributed by atoms with van der Waals surface area (Å²) >= 11 is 1.77. The summed E-state index contributed by atoms with van der Waals surface area (Å²) in [6.45, 7) is 4.13. The van der Waals surface area contributed by atoms with E-state index in [-0.39, 0.29) is 6.04 Å². The van der Waals surface area contributed by atoms with Crippen LogP contribution in [0.2, 0.25) is 0 Å². The molecule has 4 heteroatoms. The molecule has 0 aliphatic rings. The SMILES string of the molecule is CNC(COCCOC)c1ccsc1C. The zero-order valence-electron chi connectivity index (χ0n) is 9.58. The molecule has 0 fully saturated rings. The lowest BCUT2D eigenvalue weighted by Gasteiger charge is -2.16. The summed E-state index contributed by atoms with van der Waals surface area (Å²) in [6.07, 6.45) is 0. The maximum absolute atomic E-state index is 5.52. The van der Waals surface area contributed by atoms with Crippen molar-refractivity contribution in [3.8, 4) is 0 Å². The van der Waals surface area contributed by atoms with Crippen molar-refractivity contribution in [2.45, 2.75) is 13.0 Å². The number of nitrogens with one attached hydrogen (secondary N) is 1. The lowest BCUT2D eigenvalue weighted by atomic mass is 10.1. The molecule has 1 N–H and O–H groups in total. The summed E-state index contributed by atoms with van der Waals surface area (Å²) in [5.74, 6) is 0. The molecule has 0 aliphatic carbocycles. The number of hydrogen-bond donors (Lipinski definition) is 1. The van der Waals surface area contributed by atoms with Crippen molar-refractivity contribution >= 4 is 11.3 Å². The van der Waals surface area contributed by atoms with Crippen molar-refractivity contribution in [1.82, 2.24) is 5.32 Å². The Morgan fingerprint density at radius 2 is 2.27 bits per heavy atom. The lowest BCUT2D eigenvalue weighted by molar-refractivity contribution is 0.0596. The van der Waals surface area contributed by atoms with Gasteiger partial charge in [-0.15, -0.1) is 11.3 Å². The van der Waals surface area contributed by atoms with Gasteiger partial charge in [-0.3, -0.25) is 0 Å². The van der Waals surface area contributed by atoms with Gasteiger partial charge in [0.1, 0.15) is 0 Å². The molecule has 3 nitrogen and oxygen atoms in total. The second kappa shape index (κ2) is 6.95. The molecule has 1 heterocycles. The number of methoxy groups -OCH3 is 1. The van der Waals surface area contributed by atoms with Crippen LogP contribution >= 0.6 is 11.3 Å². The molecule has 1 atom stereocenters. The first-order valence-corrected chi connectivity index (χ1v) is 5.95. The Balaban J connectivity index is 2.39. The summed E-state index contributed by atoms with van der Waals surface area (Å²) in [7, 11) is 3.64. The third kappa shape index (κ3) is 3.91. The van der Waals surface area contributed by atoms with Crippen molar-refractivity contribution in [3.63, 3.8) is 0 Å². The fourth-order valence-corrected chi connectivity index (χ4v) is 2.19. The Morgan fingerprint density at radius 3 is 2.80 bits per heavy atom. The van der Waals surface area contributed by atoms with E-state index in [1.165, 1.54) is 10.4 Å². The zero-order chi connectivity index (χ0) is 11.1. The molecule has 0 amide bonds. The van der Waals surface area contributed by atoms with Crippen molar-refractivity contribution in [1.29, 1.82) is 0 Å². The molecule has 1 unspecified atom stereocenters. The van der Waals surface area contributed by atoms with E-state index < -0.39 is 0 Å². The fraction of sp³-hybridized carbons (Fsp3) is 0.636. The third-order valence-electron chi connectivity index (χ3n) is 2.34. The summed E-state index contributed by atoms with van der Waals surface area (Å²) in [5.41, 5.74) is 1.33. The molecule has 0 radical (unpaired) electrons. The van der Waals surface area contributed by atoms with E-state index in [9.17, 15) is 0 Å². The minimum atomic E-state index is 0.285. The van der Waals surface area contributed by atoms with Crippen LogP contribution in [0, 0.1) is 6.92 Å². The Bertz CT molecular complexity index is 275. The van der Waals surface area contributed by atoms with E-state index in [1.807, 2.05) is 7.05 Å². The molecular weight excluding hydrogens is 210 g/mol. The average molecular weight is 229 g/mol. The van der Waals surface area contributed by atoms with Crippen LogP contribution < -0.4 is 5.32 Å². The predicted molar refractivity (Wildman–Crippen MR) is 63.6 cm³/mol. The van der Waals surface area contributed by atoms with Crippen LogP contribution in [0.25, 0.3) is 0 Å². The molecule has 1 aromatic heterocycles. The predicted octanol–water partition coefficient (Wildman–Crippen LogP) is 1.98. The zero-order valence-corrected chi connectivity index (χ0v) is 10.4. The highest BCUT2D eigenvalue weighted by molar-refractivity contribution is 7.10. The Hall–Kier alpha value is -0.420. The summed E-state index contributed by atoms with van der Waals surface area (Å²) in [5, 5.41) is 5.38. The quantitative estimate of drug-likeness (QED) is 0.725. The lowest BCUT2D eigenvalue weighted by Crippen LogP contribution is -2.22. The molecule has 0 saturated heterocycles. The molecule has 86 valence electrons. The van der Waals surface area contributed by atoms with Gasteiger partial charge in [0.2, 0.25) is 0 Å². The van der Waals surface area contributed by atoms with Gasteiger partial charge in [-0.1, -0.05) is 0 Å². The van der Waals surface area contributed by atoms with Crippen molar-refractivity contribution < 1.29 is 9.47 Å². The average Bonchev–Trinajstić information content (AvgIpc) is 2.65. The van der Waals surface area contributed by atoms with Gasteiger partial charge in [0.05, 0.1) is 25.9 Å². The Morgan fingerprint density at radius 1 is 1.47 bits per heavy atom. The highest BCUT2D eigenvalue weighted by Crippen LogP contribution is 2.22. The Labute approximate surface area is 95.4 Å². The summed E-state index contributed by atoms with van der Waals surface area (Å²) < 4.78 is 10.5. The second-order valence-electron chi connectivity index (χ2n) is 3.34. The molecule has 0 spiro atoms. The van der Waals surface area contributed by atoms with Crippen LogP contribution in [0.15, 0.2) is 11.4 Å². The monoisotopic (exact) mass is 229 g/mol. The molecule has 0 aliphatic heterocycles. The highest BCUT2D eigenvalue weighted by Gasteiger charge is 2.12. The summed E-state index contributed by atoms with van der Waals surface area (Å²) in [4.78, 5) is 1.35. The second-order valence-corrected chi connectivity index (χ2v) is 4.46. The first-order valence-electron chi connectivity index (χ1n) is 5.07. The standard InChI is InChI=1S/C11H19NO2S/c1-9-10(4-7-15-9)11(12-2)8-14-6-5-13-3/h4,7,11-12H,5-6,8H2,1-3H3. The molecule has 0 bridgehead atoms. The number of aryl methyl sites for hydroxylation is 1. The van der Waals surface area contributed by atoms with E-state index in [0.29, 0.717) is 19.8 Å². The van der Waals surface area contributed by atoms with Gasteiger partial charge in [0.25, 0.3) is 0 Å². The van der Waals surface area contributed by atoms with Crippen molar-refractivity contribution in [3.05, 3.63) is 21.9 Å². The van der Waals surface area contributed by atoms with E-state index in [1.54, 1.807) is 18.4 Å². The van der Waals surface area contributed by atoms with E-state index in [0.717, 1.165) is 0 Å². The van der Waals surface area contributed by atoms with Crippen LogP contribution in [-0.2, 0) is 9.47 Å².